The maximum atomic E-state index is 14.1. The molecule has 3 aromatic carbocycles. The van der Waals surface area contributed by atoms with Gasteiger partial charge in [-0.25, -0.2) is 9.48 Å². The number of amides is 5. The number of Topliss-reactive ketones (excluding diaryl/α,β-unsaturated/α-hetero) is 1. The van der Waals surface area contributed by atoms with Crippen LogP contribution in [0.1, 0.15) is 92.9 Å². The highest BCUT2D eigenvalue weighted by molar-refractivity contribution is 6.31. The molecule has 10 rings (SSSR count). The number of rotatable bonds is 22. The molecule has 3 fully saturated rings. The topological polar surface area (TPSA) is 397 Å². The molecule has 3 heterocycles. The van der Waals surface area contributed by atoms with E-state index in [0.717, 1.165) is 12.5 Å². The van der Waals surface area contributed by atoms with Crippen LogP contribution in [0, 0.1) is 33.8 Å². The van der Waals surface area contributed by atoms with Crippen molar-refractivity contribution in [2.75, 3.05) is 47.1 Å². The summed E-state index contributed by atoms with van der Waals surface area (Å²) in [4.78, 5) is 122. The second kappa shape index (κ2) is 24.1. The lowest BCUT2D eigenvalue weighted by Crippen LogP contribution is -2.56. The van der Waals surface area contributed by atoms with Crippen molar-refractivity contribution in [1.82, 2.24) is 35.4 Å². The fourth-order valence-corrected chi connectivity index (χ4v) is 12.3. The quantitative estimate of drug-likeness (QED) is 0.00958. The number of carbonyl (C=O) groups is 8. The second-order valence-electron chi connectivity index (χ2n) is 21.6. The molecule has 4 aliphatic carbocycles. The third-order valence-electron chi connectivity index (χ3n) is 16.4. The van der Waals surface area contributed by atoms with Crippen LogP contribution < -0.4 is 20.1 Å². The maximum Gasteiger partial charge on any atom is 0.407 e. The van der Waals surface area contributed by atoms with Crippen molar-refractivity contribution in [2.45, 2.75) is 95.2 Å². The number of benzene rings is 3. The number of phenols is 2. The van der Waals surface area contributed by atoms with E-state index < -0.39 is 149 Å². The van der Waals surface area contributed by atoms with E-state index in [1.165, 1.54) is 72.2 Å². The first-order chi connectivity index (χ1) is 40.6. The highest BCUT2D eigenvalue weighted by Crippen LogP contribution is 2.54. The Bertz CT molecular complexity index is 3410. The number of nitro groups is 1. The number of aliphatic hydroxyl groups is 3. The molecule has 2 bridgehead atoms. The molecule has 6 aliphatic rings. The number of nitrogens with one attached hydrogen (secondary N) is 2. The van der Waals surface area contributed by atoms with Gasteiger partial charge in [-0.3, -0.25) is 48.6 Å². The summed E-state index contributed by atoms with van der Waals surface area (Å²) >= 11 is 0. The number of hydrogen-bond acceptors (Lipinski definition) is 23. The van der Waals surface area contributed by atoms with E-state index in [1.54, 1.807) is 0 Å². The Balaban J connectivity index is 0.789. The van der Waals surface area contributed by atoms with Gasteiger partial charge in [-0.15, -0.1) is 5.10 Å². The van der Waals surface area contributed by atoms with Gasteiger partial charge in [-0.1, -0.05) is 29.5 Å². The van der Waals surface area contributed by atoms with Crippen LogP contribution in [-0.4, -0.2) is 180 Å². The van der Waals surface area contributed by atoms with Gasteiger partial charge in [-0.2, -0.15) is 0 Å². The van der Waals surface area contributed by atoms with Crippen molar-refractivity contribution in [1.29, 1.82) is 0 Å². The molecule has 4 aromatic rings. The number of ketones is 3. The summed E-state index contributed by atoms with van der Waals surface area (Å²) in [6, 6.07) is 6.58. The Labute approximate surface area is 482 Å². The summed E-state index contributed by atoms with van der Waals surface area (Å²) in [7, 11) is 2.73. The fourth-order valence-electron chi connectivity index (χ4n) is 12.3. The Kier molecular flexibility index (Phi) is 16.8. The van der Waals surface area contributed by atoms with Crippen molar-refractivity contribution in [2.24, 2.45) is 23.7 Å². The molecule has 0 spiro atoms. The Hall–Kier alpha value is -8.74. The molecule has 2 aliphatic heterocycles. The monoisotopic (exact) mass is 1180 g/mol. The highest BCUT2D eigenvalue weighted by atomic mass is 16.7. The Morgan fingerprint density at radius 2 is 1.71 bits per heavy atom. The molecule has 7 N–H and O–H groups in total. The van der Waals surface area contributed by atoms with Gasteiger partial charge in [0.2, 0.25) is 29.4 Å². The number of imide groups is 1. The van der Waals surface area contributed by atoms with E-state index in [1.807, 2.05) is 12.2 Å². The zero-order valence-electron chi connectivity index (χ0n) is 46.0. The number of likely N-dealkylation sites (tertiary alicyclic amines) is 1. The minimum absolute atomic E-state index is 0.000389. The average Bonchev–Trinajstić information content (AvgIpc) is 1.53. The number of carbonyl (C=O) groups excluding carboxylic acids is 8. The van der Waals surface area contributed by atoms with Crippen LogP contribution in [0.15, 0.2) is 54.7 Å². The zero-order chi connectivity index (χ0) is 60.8. The predicted octanol–water partition coefficient (Wildman–Crippen LogP) is 0.794. The van der Waals surface area contributed by atoms with Gasteiger partial charge in [0, 0.05) is 68.8 Å². The van der Waals surface area contributed by atoms with E-state index in [9.17, 15) is 74.0 Å². The number of ether oxygens (including phenoxy) is 6. The number of aliphatic hydroxyl groups excluding tert-OH is 2. The minimum Gasteiger partial charge on any atom is -0.507 e. The van der Waals surface area contributed by atoms with Crippen LogP contribution in [-0.2, 0) is 69.2 Å². The SMILES string of the molecule is COCCNC(=O)CC(=O)N(CCN1C(=O)C2C3C=CC(C3)C2C1=O)Cc1cn(COc2ccc([N+](=O)[O-])c(COC(=O)N[C@H]3C[C@H](O[C@H]4C[C@](O)(C(=O)CO)Cc5c(O)c6c(c(O)c54)C(=O)c4c(OC)cccc4C6=O)O[C@@H](C)[C@H]3O)c2)nn1. The average molecular weight is 1180 g/mol. The van der Waals surface area contributed by atoms with Crippen molar-refractivity contribution in [3.05, 3.63) is 109 Å². The molecular weight excluding hydrogens is 1120 g/mol. The van der Waals surface area contributed by atoms with Gasteiger partial charge in [0.05, 0.1) is 83.7 Å². The minimum atomic E-state index is -2.46. The van der Waals surface area contributed by atoms with Gasteiger partial charge < -0.3 is 69.5 Å². The Morgan fingerprint density at radius 1 is 0.976 bits per heavy atom. The van der Waals surface area contributed by atoms with Crippen molar-refractivity contribution < 1.29 is 97.2 Å². The lowest BCUT2D eigenvalue weighted by molar-refractivity contribution is -0.385. The third kappa shape index (κ3) is 11.4. The Morgan fingerprint density at radius 3 is 2.40 bits per heavy atom. The number of aromatic hydroxyl groups is 2. The summed E-state index contributed by atoms with van der Waals surface area (Å²) < 4.78 is 35.0. The summed E-state index contributed by atoms with van der Waals surface area (Å²) in [5.41, 5.74) is -5.00. The number of nitro benzene ring substituents is 1. The van der Waals surface area contributed by atoms with Gasteiger partial charge >= 0.3 is 6.09 Å². The zero-order valence-corrected chi connectivity index (χ0v) is 46.0. The number of alkyl carbamates (subject to hydrolysis) is 1. The number of nitrogens with zero attached hydrogens (tertiary/aromatic N) is 6. The molecule has 2 saturated heterocycles. The summed E-state index contributed by atoms with van der Waals surface area (Å²) in [5.74, 6) is -7.14. The van der Waals surface area contributed by atoms with Crippen LogP contribution in [0.2, 0.25) is 0 Å². The highest BCUT2D eigenvalue weighted by Gasteiger charge is 2.59. The molecule has 4 unspecified atom stereocenters. The molecule has 29 heteroatoms. The number of phenolic OH excluding ortho intramolecular Hbond substituents is 2. The van der Waals surface area contributed by atoms with Gasteiger partial charge in [0.1, 0.15) is 60.0 Å². The summed E-state index contributed by atoms with van der Waals surface area (Å²) in [5, 5.41) is 81.8. The molecule has 10 atom stereocenters. The van der Waals surface area contributed by atoms with E-state index >= 15 is 0 Å². The number of aromatic nitrogens is 3. The lowest BCUT2D eigenvalue weighted by Gasteiger charge is -2.42. The molecule has 29 nitrogen and oxygen atoms in total. The summed E-state index contributed by atoms with van der Waals surface area (Å²) in [6.45, 7) is -0.778. The molecule has 85 heavy (non-hydrogen) atoms. The standard InChI is InChI=1S/C56H60N8O21/c1-26-48(69)34(17-41(84-26)85-37-20-56(77,38(66)23-65)19-33-45(37)52(73)47-46(50(33)71)49(70)32-5-4-6-36(81-3)44(32)51(47)72)58-55(76)82-24-29-16-31(9-10-35(29)64(78)79)83-25-62-22-30(59-60-62)21-61(40(68)18-39(67)57-11-14-80-2)12-13-63-53(74)42-27-7-8-28(15-27)43(42)54(63)75/h4-10,16,22,26-28,34,37,41-43,48,65,69,71,73,77H,11-15,17-21,23-25H2,1-3H3,(H,57,67)(H,58,76)/t26-,27?,28?,34-,37-,41-,42?,43?,48+,56-/m0/s1. The fraction of sp³-hybridized carbons (Fsp3) is 0.464. The van der Waals surface area contributed by atoms with Crippen LogP contribution in [0.4, 0.5) is 10.5 Å². The van der Waals surface area contributed by atoms with E-state index in [-0.39, 0.29) is 115 Å². The van der Waals surface area contributed by atoms with Crippen molar-refractivity contribution in [3.8, 4) is 23.0 Å². The van der Waals surface area contributed by atoms with Crippen LogP contribution >= 0.6 is 0 Å². The van der Waals surface area contributed by atoms with E-state index in [4.69, 9.17) is 28.4 Å². The van der Waals surface area contributed by atoms with Gasteiger partial charge in [0.25, 0.3) is 5.69 Å². The molecule has 5 amide bonds. The first-order valence-corrected chi connectivity index (χ1v) is 27.2. The second-order valence-corrected chi connectivity index (χ2v) is 21.6. The van der Waals surface area contributed by atoms with Crippen LogP contribution in [0.3, 0.4) is 0 Å². The number of allylic oxidation sites excluding steroid dienone is 2. The first-order valence-electron chi connectivity index (χ1n) is 27.2. The van der Waals surface area contributed by atoms with Crippen molar-refractivity contribution >= 4 is 52.8 Å². The van der Waals surface area contributed by atoms with Crippen molar-refractivity contribution in [3.63, 3.8) is 0 Å². The number of methoxy groups -OCH3 is 2. The smallest absolute Gasteiger partial charge is 0.407 e. The summed E-state index contributed by atoms with van der Waals surface area (Å²) in [6.07, 6.45) is -2.99. The first kappa shape index (κ1) is 59.4. The largest absolute Gasteiger partial charge is 0.507 e. The molecule has 0 radical (unpaired) electrons. The number of hydrogen-bond donors (Lipinski definition) is 7. The van der Waals surface area contributed by atoms with Gasteiger partial charge in [-0.05, 0) is 43.4 Å². The molecule has 1 aromatic heterocycles. The lowest BCUT2D eigenvalue weighted by atomic mass is 9.72. The van der Waals surface area contributed by atoms with E-state index in [2.05, 4.69) is 20.9 Å². The molecule has 1 saturated carbocycles. The predicted molar refractivity (Wildman–Crippen MR) is 284 cm³/mol. The van der Waals surface area contributed by atoms with E-state index in [0.29, 0.717) is 0 Å². The number of fused-ring (bicyclic) bond motifs is 8. The third-order valence-corrected chi connectivity index (χ3v) is 16.4. The molecular formula is C56H60N8O21. The van der Waals surface area contributed by atoms with Gasteiger partial charge in [0.15, 0.2) is 24.6 Å². The van der Waals surface area contributed by atoms with Crippen LogP contribution in [0.25, 0.3) is 0 Å². The normalized spacial score (nSPS) is 25.2. The molecule has 450 valence electrons. The van der Waals surface area contributed by atoms with Crippen LogP contribution in [0.5, 0.6) is 23.0 Å². The maximum absolute atomic E-state index is 14.1.